The van der Waals surface area contributed by atoms with Crippen LogP contribution < -0.4 is 16.6 Å². The van der Waals surface area contributed by atoms with Crippen LogP contribution in [0, 0.1) is 0 Å². The molecule has 0 bridgehead atoms. The maximum atomic E-state index is 12.7. The van der Waals surface area contributed by atoms with Crippen LogP contribution in [0.25, 0.3) is 11.3 Å². The molecule has 4 heterocycles. The number of pyridine rings is 2. The fourth-order valence-electron chi connectivity index (χ4n) is 2.61. The molecule has 2 N–H and O–H groups in total. The van der Waals surface area contributed by atoms with Gasteiger partial charge in [-0.1, -0.05) is 6.07 Å². The molecule has 29 heavy (non-hydrogen) atoms. The second-order valence-corrected chi connectivity index (χ2v) is 6.81. The smallest absolute Gasteiger partial charge is 0.313 e. The van der Waals surface area contributed by atoms with Gasteiger partial charge in [-0.25, -0.2) is 9.78 Å². The normalized spacial score (nSPS) is 10.6. The molecule has 0 fully saturated rings. The van der Waals surface area contributed by atoms with E-state index < -0.39 is 17.2 Å². The van der Waals surface area contributed by atoms with Crippen molar-refractivity contribution in [2.45, 2.75) is 6.54 Å². The van der Waals surface area contributed by atoms with Crippen molar-refractivity contribution in [3.63, 3.8) is 0 Å². The van der Waals surface area contributed by atoms with E-state index in [9.17, 15) is 14.4 Å². The average molecular weight is 406 g/mol. The zero-order chi connectivity index (χ0) is 20.2. The molecule has 10 heteroatoms. The van der Waals surface area contributed by atoms with Gasteiger partial charge in [-0.2, -0.15) is 0 Å². The van der Waals surface area contributed by atoms with Crippen LogP contribution in [0.4, 0.5) is 5.13 Å². The highest BCUT2D eigenvalue weighted by Gasteiger charge is 2.17. The van der Waals surface area contributed by atoms with Crippen molar-refractivity contribution < 1.29 is 4.79 Å². The Morgan fingerprint density at radius 1 is 1.17 bits per heavy atom. The molecular weight excluding hydrogens is 392 g/mol. The molecule has 0 aliphatic carbocycles. The van der Waals surface area contributed by atoms with Gasteiger partial charge in [0, 0.05) is 35.7 Å². The molecule has 4 aromatic heterocycles. The quantitative estimate of drug-likeness (QED) is 0.521. The number of amides is 1. The van der Waals surface area contributed by atoms with Crippen LogP contribution in [0.3, 0.4) is 0 Å². The molecule has 0 atom stereocenters. The lowest BCUT2D eigenvalue weighted by molar-refractivity contribution is 0.102. The Bertz CT molecular complexity index is 1260. The number of nitrogens with zero attached hydrogens (tertiary/aromatic N) is 4. The first-order valence-electron chi connectivity index (χ1n) is 8.51. The number of aromatic nitrogens is 5. The van der Waals surface area contributed by atoms with Crippen molar-refractivity contribution in [2.75, 3.05) is 5.32 Å². The fraction of sp³-hybridized carbons (Fsp3) is 0.0526. The van der Waals surface area contributed by atoms with Gasteiger partial charge in [-0.05, 0) is 24.3 Å². The van der Waals surface area contributed by atoms with Crippen LogP contribution in [-0.4, -0.2) is 30.4 Å². The lowest BCUT2D eigenvalue weighted by Gasteiger charge is -2.06. The van der Waals surface area contributed by atoms with Crippen LogP contribution in [0.1, 0.15) is 16.1 Å². The van der Waals surface area contributed by atoms with E-state index in [0.717, 1.165) is 16.3 Å². The highest BCUT2D eigenvalue weighted by molar-refractivity contribution is 7.14. The number of nitrogens with one attached hydrogen (secondary N) is 2. The van der Waals surface area contributed by atoms with Gasteiger partial charge < -0.3 is 4.98 Å². The summed E-state index contributed by atoms with van der Waals surface area (Å²) in [6, 6.07) is 8.81. The number of rotatable bonds is 5. The van der Waals surface area contributed by atoms with E-state index in [1.807, 2.05) is 6.07 Å². The molecule has 0 aliphatic rings. The highest BCUT2D eigenvalue weighted by Crippen LogP contribution is 2.24. The minimum atomic E-state index is -0.707. The predicted molar refractivity (Wildman–Crippen MR) is 108 cm³/mol. The van der Waals surface area contributed by atoms with Crippen molar-refractivity contribution in [1.82, 2.24) is 24.5 Å². The average Bonchev–Trinajstić information content (AvgIpc) is 3.21. The summed E-state index contributed by atoms with van der Waals surface area (Å²) >= 11 is 1.22. The van der Waals surface area contributed by atoms with Crippen molar-refractivity contribution in [3.05, 3.63) is 92.6 Å². The van der Waals surface area contributed by atoms with Gasteiger partial charge in [-0.3, -0.25) is 29.4 Å². The van der Waals surface area contributed by atoms with Crippen molar-refractivity contribution in [2.24, 2.45) is 0 Å². The van der Waals surface area contributed by atoms with Gasteiger partial charge in [0.1, 0.15) is 5.56 Å². The number of thiazole rings is 1. The number of hydrogen-bond donors (Lipinski definition) is 2. The summed E-state index contributed by atoms with van der Waals surface area (Å²) in [7, 11) is 0. The molecule has 0 aliphatic heterocycles. The van der Waals surface area contributed by atoms with Gasteiger partial charge in [0.25, 0.3) is 11.5 Å². The molecule has 4 aromatic rings. The Morgan fingerprint density at radius 2 is 2.07 bits per heavy atom. The number of carbonyl (C=O) groups is 1. The number of hydrogen-bond acceptors (Lipinski definition) is 7. The molecule has 0 saturated heterocycles. The van der Waals surface area contributed by atoms with Crippen LogP contribution in [0.5, 0.6) is 0 Å². The predicted octanol–water partition coefficient (Wildman–Crippen LogP) is 1.75. The van der Waals surface area contributed by atoms with E-state index in [-0.39, 0.29) is 12.1 Å². The summed E-state index contributed by atoms with van der Waals surface area (Å²) < 4.78 is 0.931. The van der Waals surface area contributed by atoms with E-state index in [2.05, 4.69) is 25.3 Å². The summed E-state index contributed by atoms with van der Waals surface area (Å²) in [5.41, 5.74) is 0.474. The Kier molecular flexibility index (Phi) is 5.08. The first-order chi connectivity index (χ1) is 14.1. The third-order valence-electron chi connectivity index (χ3n) is 4.03. The number of H-pyrrole nitrogens is 1. The first kappa shape index (κ1) is 18.4. The number of anilines is 1. The summed E-state index contributed by atoms with van der Waals surface area (Å²) in [6.07, 6.45) is 5.99. The largest absolute Gasteiger partial charge is 0.328 e. The van der Waals surface area contributed by atoms with Crippen LogP contribution in [0.15, 0.2) is 70.1 Å². The fourth-order valence-corrected chi connectivity index (χ4v) is 3.33. The van der Waals surface area contributed by atoms with Gasteiger partial charge in [0.05, 0.1) is 17.9 Å². The summed E-state index contributed by atoms with van der Waals surface area (Å²) in [6.45, 7) is -0.0431. The first-order valence-corrected chi connectivity index (χ1v) is 9.39. The molecule has 0 saturated carbocycles. The summed E-state index contributed by atoms with van der Waals surface area (Å²) in [5, 5.41) is 4.70. The van der Waals surface area contributed by atoms with E-state index >= 15 is 0 Å². The topological polar surface area (TPSA) is 123 Å². The minimum Gasteiger partial charge on any atom is -0.313 e. The van der Waals surface area contributed by atoms with Gasteiger partial charge in [-0.15, -0.1) is 11.3 Å². The van der Waals surface area contributed by atoms with E-state index in [4.69, 9.17) is 0 Å². The van der Waals surface area contributed by atoms with Crippen molar-refractivity contribution in [1.29, 1.82) is 0 Å². The third-order valence-corrected chi connectivity index (χ3v) is 4.79. The van der Waals surface area contributed by atoms with Crippen LogP contribution in [-0.2, 0) is 6.54 Å². The van der Waals surface area contributed by atoms with E-state index in [0.29, 0.717) is 16.5 Å². The van der Waals surface area contributed by atoms with Crippen LogP contribution in [0.2, 0.25) is 0 Å². The number of carbonyl (C=O) groups excluding carboxylic acids is 1. The lowest BCUT2D eigenvalue weighted by Crippen LogP contribution is -2.39. The SMILES string of the molecule is O=C(Nc1nc(-c2cccnc2)cs1)c1c[nH]c(=O)n(Cc2ccccn2)c1=O. The molecular formula is C19H14N6O3S. The Labute approximate surface area is 167 Å². The maximum Gasteiger partial charge on any atom is 0.328 e. The highest BCUT2D eigenvalue weighted by atomic mass is 32.1. The van der Waals surface area contributed by atoms with Gasteiger partial charge >= 0.3 is 5.69 Å². The third kappa shape index (κ3) is 4.01. The molecule has 144 valence electrons. The molecule has 1 amide bonds. The second-order valence-electron chi connectivity index (χ2n) is 5.95. The minimum absolute atomic E-state index is 0.0431. The van der Waals surface area contributed by atoms with Gasteiger partial charge in [0.2, 0.25) is 0 Å². The van der Waals surface area contributed by atoms with Crippen LogP contribution >= 0.6 is 11.3 Å². The molecule has 4 rings (SSSR count). The second kappa shape index (κ2) is 7.98. The van der Waals surface area contributed by atoms with Crippen molar-refractivity contribution >= 4 is 22.4 Å². The van der Waals surface area contributed by atoms with E-state index in [1.54, 1.807) is 48.2 Å². The molecule has 0 unspecified atom stereocenters. The van der Waals surface area contributed by atoms with Gasteiger partial charge in [0.15, 0.2) is 5.13 Å². The zero-order valence-electron chi connectivity index (χ0n) is 14.9. The molecule has 9 nitrogen and oxygen atoms in total. The van der Waals surface area contributed by atoms with E-state index in [1.165, 1.54) is 11.3 Å². The Morgan fingerprint density at radius 3 is 2.83 bits per heavy atom. The molecule has 0 aromatic carbocycles. The summed E-state index contributed by atoms with van der Waals surface area (Å²) in [4.78, 5) is 52.2. The standard InChI is InChI=1S/C19H14N6O3S/c26-16(24-18-23-15(11-29-18)12-4-3-6-20-8-12)14-9-22-19(28)25(17(14)27)10-13-5-1-2-7-21-13/h1-9,11H,10H2,(H,22,28)(H,23,24,26). The monoisotopic (exact) mass is 406 g/mol. The lowest BCUT2D eigenvalue weighted by atomic mass is 10.2. The summed E-state index contributed by atoms with van der Waals surface area (Å²) in [5.74, 6) is -0.659. The zero-order valence-corrected chi connectivity index (χ0v) is 15.7. The molecule has 0 spiro atoms. The Hall–Kier alpha value is -3.92. The molecule has 0 radical (unpaired) electrons. The maximum absolute atomic E-state index is 12.7. The Balaban J connectivity index is 1.58. The number of aromatic amines is 1. The van der Waals surface area contributed by atoms with Crippen molar-refractivity contribution in [3.8, 4) is 11.3 Å².